The summed E-state index contributed by atoms with van der Waals surface area (Å²) in [5.74, 6) is 0.677. The smallest absolute Gasteiger partial charge is 0.178 e. The van der Waals surface area contributed by atoms with Gasteiger partial charge in [-0.3, -0.25) is 9.31 Å². The molecule has 0 radical (unpaired) electrons. The minimum Gasteiger partial charge on any atom is -0.493 e. The van der Waals surface area contributed by atoms with Crippen LogP contribution >= 0.6 is 0 Å². The van der Waals surface area contributed by atoms with Crippen molar-refractivity contribution in [2.45, 2.75) is 23.5 Å². The molecule has 0 aliphatic carbocycles. The van der Waals surface area contributed by atoms with Crippen molar-refractivity contribution in [3.63, 3.8) is 0 Å². The molecule has 8 nitrogen and oxygen atoms in total. The summed E-state index contributed by atoms with van der Waals surface area (Å²) in [7, 11) is -1.39. The molecule has 0 atom stereocenters. The van der Waals surface area contributed by atoms with Crippen LogP contribution in [-0.2, 0) is 14.7 Å². The van der Waals surface area contributed by atoms with Crippen LogP contribution < -0.4 is 4.74 Å². The molecule has 0 aliphatic rings. The third-order valence-electron chi connectivity index (χ3n) is 4.75. The van der Waals surface area contributed by atoms with E-state index in [1.807, 2.05) is 19.1 Å². The molecule has 1 aromatic carbocycles. The summed E-state index contributed by atoms with van der Waals surface area (Å²) in [5, 5.41) is 8.80. The van der Waals surface area contributed by atoms with Gasteiger partial charge in [-0.15, -0.1) is 0 Å². The van der Waals surface area contributed by atoms with Crippen molar-refractivity contribution in [2.24, 2.45) is 0 Å². The molecule has 0 saturated carbocycles. The number of nitrogens with one attached hydrogen (secondary N) is 2. The Morgan fingerprint density at radius 1 is 1.18 bits per heavy atom. The number of H-pyrrole nitrogens is 2. The van der Waals surface area contributed by atoms with Crippen LogP contribution in [0.15, 0.2) is 40.8 Å². The molecule has 9 heteroatoms. The molecule has 3 heterocycles. The first kappa shape index (κ1) is 18.6. The summed E-state index contributed by atoms with van der Waals surface area (Å²) in [6, 6.07) is 5.62. The number of aromatic amines is 2. The van der Waals surface area contributed by atoms with E-state index in [-0.39, 0.29) is 0 Å². The number of nitrogens with zero attached hydrogens (tertiary/aromatic N) is 3. The van der Waals surface area contributed by atoms with Crippen molar-refractivity contribution in [2.75, 3.05) is 26.6 Å². The average Bonchev–Trinajstić information content (AvgIpc) is 3.32. The van der Waals surface area contributed by atoms with E-state index >= 15 is 0 Å². The van der Waals surface area contributed by atoms with Gasteiger partial charge in [-0.05, 0) is 35.1 Å². The van der Waals surface area contributed by atoms with E-state index < -0.39 is 9.93 Å². The van der Waals surface area contributed by atoms with Crippen molar-refractivity contribution in [1.29, 1.82) is 0 Å². The number of pyridine rings is 1. The van der Waals surface area contributed by atoms with Gasteiger partial charge in [0.1, 0.15) is 16.3 Å². The molecule has 0 spiro atoms. The van der Waals surface area contributed by atoms with Gasteiger partial charge in [0, 0.05) is 43.5 Å². The Balaban J connectivity index is 1.72. The highest BCUT2D eigenvalue weighted by atomic mass is 32.2. The third-order valence-corrected chi connectivity index (χ3v) is 7.03. The molecule has 0 bridgehead atoms. The van der Waals surface area contributed by atoms with Crippen molar-refractivity contribution >= 4 is 31.9 Å². The highest BCUT2D eigenvalue weighted by Crippen LogP contribution is 2.32. The normalized spacial score (nSPS) is 12.7. The van der Waals surface area contributed by atoms with Crippen molar-refractivity contribution < 1.29 is 13.7 Å². The van der Waals surface area contributed by atoms with Crippen LogP contribution in [0.25, 0.3) is 21.9 Å². The Morgan fingerprint density at radius 2 is 2.00 bits per heavy atom. The van der Waals surface area contributed by atoms with Crippen LogP contribution in [0, 0.1) is 6.92 Å². The Hall–Kier alpha value is -2.78. The lowest BCUT2D eigenvalue weighted by Crippen LogP contribution is -2.16. The molecule has 4 aromatic rings. The highest BCUT2D eigenvalue weighted by molar-refractivity contribution is 8.02. The second-order valence-electron chi connectivity index (χ2n) is 6.73. The van der Waals surface area contributed by atoms with Gasteiger partial charge in [0.15, 0.2) is 5.16 Å². The largest absolute Gasteiger partial charge is 0.493 e. The quantitative estimate of drug-likeness (QED) is 0.325. The monoisotopic (exact) mass is 401 g/mol. The molecule has 0 fully saturated rings. The Kier molecular flexibility index (Phi) is 4.86. The lowest BCUT2D eigenvalue weighted by atomic mass is 10.2. The molecule has 4 rings (SSSR count). The fourth-order valence-electron chi connectivity index (χ4n) is 3.26. The first-order valence-electron chi connectivity index (χ1n) is 9.00. The molecule has 0 aliphatic heterocycles. The minimum atomic E-state index is -3.05. The zero-order chi connectivity index (χ0) is 19.7. The molecule has 2 N–H and O–H groups in total. The Morgan fingerprint density at radius 3 is 2.82 bits per heavy atom. The van der Waals surface area contributed by atoms with Gasteiger partial charge < -0.3 is 14.5 Å². The maximum absolute atomic E-state index is 13.8. The molecule has 0 amide bonds. The minimum absolute atomic E-state index is 0.420. The first-order chi connectivity index (χ1) is 13.5. The predicted molar refractivity (Wildman–Crippen MR) is 109 cm³/mol. The van der Waals surface area contributed by atoms with Gasteiger partial charge in [-0.25, -0.2) is 9.97 Å². The fraction of sp³-hybridized carbons (Fsp3) is 0.316. The number of ether oxygens (including phenoxy) is 2. The molecular formula is C19H23N5O3S. The van der Waals surface area contributed by atoms with Crippen molar-refractivity contribution in [3.8, 4) is 5.75 Å². The van der Waals surface area contributed by atoms with Gasteiger partial charge in [-0.2, -0.15) is 5.10 Å². The number of fused-ring (bicyclic) bond motifs is 3. The first-order valence-corrected chi connectivity index (χ1v) is 11.2. The van der Waals surface area contributed by atoms with Crippen molar-refractivity contribution in [3.05, 3.63) is 36.2 Å². The number of benzene rings is 1. The average molecular weight is 401 g/mol. The number of aromatic nitrogens is 5. The van der Waals surface area contributed by atoms with Gasteiger partial charge >= 0.3 is 0 Å². The zero-order valence-electron chi connectivity index (χ0n) is 16.0. The second-order valence-corrected chi connectivity index (χ2v) is 9.43. The van der Waals surface area contributed by atoms with Gasteiger partial charge in [0.25, 0.3) is 0 Å². The number of thiol groups is 1. The van der Waals surface area contributed by atoms with E-state index in [1.165, 1.54) is 0 Å². The maximum Gasteiger partial charge on any atom is 0.178 e. The molecule has 148 valence electrons. The summed E-state index contributed by atoms with van der Waals surface area (Å²) in [5.41, 5.74) is 3.21. The van der Waals surface area contributed by atoms with E-state index in [4.69, 9.17) is 9.47 Å². The Bertz CT molecular complexity index is 1180. The van der Waals surface area contributed by atoms with Crippen LogP contribution in [-0.4, -0.2) is 55.9 Å². The van der Waals surface area contributed by atoms with E-state index in [9.17, 15) is 4.21 Å². The number of imidazole rings is 1. The third kappa shape index (κ3) is 3.16. The van der Waals surface area contributed by atoms with E-state index in [2.05, 4.69) is 25.1 Å². The number of hydrogen-bond donors (Lipinski definition) is 3. The van der Waals surface area contributed by atoms with Crippen LogP contribution in [0.1, 0.15) is 12.0 Å². The lowest BCUT2D eigenvalue weighted by Gasteiger charge is -2.19. The molecule has 28 heavy (non-hydrogen) atoms. The van der Waals surface area contributed by atoms with Gasteiger partial charge in [0.05, 0.1) is 23.8 Å². The number of hydrogen-bond acceptors (Lipinski definition) is 6. The van der Waals surface area contributed by atoms with Crippen molar-refractivity contribution in [1.82, 2.24) is 25.1 Å². The molecule has 0 unspecified atom stereocenters. The van der Waals surface area contributed by atoms with E-state index in [0.29, 0.717) is 29.1 Å². The zero-order valence-corrected chi connectivity index (χ0v) is 16.9. The van der Waals surface area contributed by atoms with E-state index in [1.54, 1.807) is 31.8 Å². The van der Waals surface area contributed by atoms with Crippen LogP contribution in [0.5, 0.6) is 5.75 Å². The number of rotatable bonds is 7. The number of methoxy groups -OCH3 is 1. The van der Waals surface area contributed by atoms with Crippen LogP contribution in [0.4, 0.5) is 0 Å². The molecular weight excluding hydrogens is 378 g/mol. The van der Waals surface area contributed by atoms with E-state index in [0.717, 1.165) is 33.9 Å². The summed E-state index contributed by atoms with van der Waals surface area (Å²) in [4.78, 5) is 12.3. The maximum atomic E-state index is 13.8. The lowest BCUT2D eigenvalue weighted by molar-refractivity contribution is 0.171. The second kappa shape index (κ2) is 7.33. The van der Waals surface area contributed by atoms with Crippen LogP contribution in [0.2, 0.25) is 0 Å². The standard InChI is InChI=1S/C19H23N5O3S/c1-12-16(27-10-4-9-26-2)7-8-20-18(12)28(3,25)19-22-15-6-5-14-13(11-21-24-14)17(15)23-19/h5-8,11,28H,4,9-10H2,1-3H3,(H,21,24)(H,22,23). The van der Waals surface area contributed by atoms with Gasteiger partial charge in [-0.1, -0.05) is 0 Å². The summed E-state index contributed by atoms with van der Waals surface area (Å²) in [6.07, 6.45) is 5.81. The highest BCUT2D eigenvalue weighted by Gasteiger charge is 2.25. The van der Waals surface area contributed by atoms with Gasteiger partial charge in [0.2, 0.25) is 0 Å². The summed E-state index contributed by atoms with van der Waals surface area (Å²) >= 11 is 0. The summed E-state index contributed by atoms with van der Waals surface area (Å²) < 4.78 is 24.6. The predicted octanol–water partition coefficient (Wildman–Crippen LogP) is 2.62. The fourth-order valence-corrected chi connectivity index (χ4v) is 5.12. The Labute approximate surface area is 163 Å². The SMILES string of the molecule is COCCCOc1ccnc([SH](C)(=O)c2nc3c(ccc4[nH]ncc43)[nH]2)c1C. The topological polar surface area (TPSA) is 106 Å². The molecule has 0 saturated heterocycles. The molecule has 3 aromatic heterocycles. The van der Waals surface area contributed by atoms with Crippen LogP contribution in [0.3, 0.4) is 0 Å². The summed E-state index contributed by atoms with van der Waals surface area (Å²) in [6.45, 7) is 3.03.